The van der Waals surface area contributed by atoms with Gasteiger partial charge in [0.1, 0.15) is 0 Å². The molecule has 1 aliphatic rings. The number of amides is 2. The molecule has 2 aromatic rings. The molecule has 5 nitrogen and oxygen atoms in total. The van der Waals surface area contributed by atoms with Gasteiger partial charge in [0, 0.05) is 30.7 Å². The van der Waals surface area contributed by atoms with E-state index < -0.39 is 0 Å². The molecule has 1 aromatic carbocycles. The molecule has 1 saturated heterocycles. The second-order valence-corrected chi connectivity index (χ2v) is 7.65. The van der Waals surface area contributed by atoms with Crippen LogP contribution in [-0.4, -0.2) is 41.3 Å². The Labute approximate surface area is 161 Å². The molecule has 0 aliphatic carbocycles. The number of para-hydroxylation sites is 1. The molecule has 1 fully saturated rings. The number of piperidine rings is 1. The Morgan fingerprint density at radius 2 is 2.07 bits per heavy atom. The summed E-state index contributed by atoms with van der Waals surface area (Å²) in [5.74, 6) is 0.197. The predicted molar refractivity (Wildman–Crippen MR) is 108 cm³/mol. The van der Waals surface area contributed by atoms with Crippen molar-refractivity contribution in [3.63, 3.8) is 0 Å². The normalized spacial score (nSPS) is 17.3. The lowest BCUT2D eigenvalue weighted by Gasteiger charge is -2.32. The van der Waals surface area contributed by atoms with Crippen molar-refractivity contribution in [3.05, 3.63) is 41.6 Å². The molecule has 2 heterocycles. The number of benzene rings is 1. The molecular formula is C22H29N3O2. The van der Waals surface area contributed by atoms with E-state index >= 15 is 0 Å². The highest BCUT2D eigenvalue weighted by Gasteiger charge is 2.29. The van der Waals surface area contributed by atoms with Gasteiger partial charge in [0.15, 0.2) is 0 Å². The van der Waals surface area contributed by atoms with Crippen LogP contribution >= 0.6 is 0 Å². The highest BCUT2D eigenvalue weighted by Crippen LogP contribution is 2.26. The SMILES string of the molecule is CCCNC(=O)C1CCCN(C(=O)c2cc(C(C)C)nc3ccccc23)C1. The van der Waals surface area contributed by atoms with Crippen LogP contribution in [0, 0.1) is 5.92 Å². The van der Waals surface area contributed by atoms with Crippen molar-refractivity contribution in [2.75, 3.05) is 19.6 Å². The third kappa shape index (κ3) is 4.29. The maximum Gasteiger partial charge on any atom is 0.254 e. The Bertz CT molecular complexity index is 831. The Morgan fingerprint density at radius 1 is 1.30 bits per heavy atom. The molecule has 3 rings (SSSR count). The molecule has 1 N–H and O–H groups in total. The smallest absolute Gasteiger partial charge is 0.254 e. The zero-order chi connectivity index (χ0) is 19.4. The van der Waals surface area contributed by atoms with E-state index in [2.05, 4.69) is 19.2 Å². The number of nitrogens with zero attached hydrogens (tertiary/aromatic N) is 2. The predicted octanol–water partition coefficient (Wildman–Crippen LogP) is 3.74. The maximum atomic E-state index is 13.3. The third-order valence-electron chi connectivity index (χ3n) is 5.19. The lowest BCUT2D eigenvalue weighted by Crippen LogP contribution is -2.45. The van der Waals surface area contributed by atoms with Crippen molar-refractivity contribution >= 4 is 22.7 Å². The van der Waals surface area contributed by atoms with Gasteiger partial charge >= 0.3 is 0 Å². The molecule has 0 spiro atoms. The minimum atomic E-state index is -0.119. The van der Waals surface area contributed by atoms with Crippen LogP contribution in [0.5, 0.6) is 0 Å². The number of likely N-dealkylation sites (tertiary alicyclic amines) is 1. The van der Waals surface area contributed by atoms with Gasteiger partial charge in [-0.25, -0.2) is 0 Å². The van der Waals surface area contributed by atoms with Crippen LogP contribution in [0.15, 0.2) is 30.3 Å². The number of fused-ring (bicyclic) bond motifs is 1. The van der Waals surface area contributed by atoms with E-state index in [1.807, 2.05) is 42.2 Å². The average molecular weight is 367 g/mol. The third-order valence-corrected chi connectivity index (χ3v) is 5.19. The van der Waals surface area contributed by atoms with E-state index in [1.165, 1.54) is 0 Å². The quantitative estimate of drug-likeness (QED) is 0.876. The molecule has 0 bridgehead atoms. The van der Waals surface area contributed by atoms with Crippen molar-refractivity contribution < 1.29 is 9.59 Å². The van der Waals surface area contributed by atoms with E-state index in [1.54, 1.807) is 0 Å². The first-order valence-electron chi connectivity index (χ1n) is 9.98. The zero-order valence-electron chi connectivity index (χ0n) is 16.5. The molecule has 0 radical (unpaired) electrons. The molecular weight excluding hydrogens is 338 g/mol. The monoisotopic (exact) mass is 367 g/mol. The van der Waals surface area contributed by atoms with Crippen LogP contribution in [0.2, 0.25) is 0 Å². The van der Waals surface area contributed by atoms with E-state index in [9.17, 15) is 9.59 Å². The van der Waals surface area contributed by atoms with Crippen LogP contribution in [0.1, 0.15) is 62.0 Å². The highest BCUT2D eigenvalue weighted by atomic mass is 16.2. The van der Waals surface area contributed by atoms with Gasteiger partial charge in [0.05, 0.1) is 17.0 Å². The molecule has 5 heteroatoms. The summed E-state index contributed by atoms with van der Waals surface area (Å²) in [5.41, 5.74) is 2.46. The van der Waals surface area contributed by atoms with Crippen molar-refractivity contribution in [2.45, 2.75) is 46.0 Å². The summed E-state index contributed by atoms with van der Waals surface area (Å²) in [4.78, 5) is 32.2. The molecule has 1 atom stereocenters. The zero-order valence-corrected chi connectivity index (χ0v) is 16.5. The second kappa shape index (κ2) is 8.51. The first kappa shape index (κ1) is 19.3. The molecule has 144 valence electrons. The molecule has 2 amide bonds. The van der Waals surface area contributed by atoms with E-state index in [0.29, 0.717) is 25.2 Å². The van der Waals surface area contributed by atoms with Crippen LogP contribution in [-0.2, 0) is 4.79 Å². The number of carbonyl (C=O) groups excluding carboxylic acids is 2. The van der Waals surface area contributed by atoms with E-state index in [-0.39, 0.29) is 23.7 Å². The van der Waals surface area contributed by atoms with Crippen LogP contribution in [0.25, 0.3) is 10.9 Å². The van der Waals surface area contributed by atoms with Gasteiger partial charge in [-0.3, -0.25) is 14.6 Å². The minimum Gasteiger partial charge on any atom is -0.356 e. The maximum absolute atomic E-state index is 13.3. The van der Waals surface area contributed by atoms with E-state index in [4.69, 9.17) is 4.98 Å². The first-order valence-corrected chi connectivity index (χ1v) is 9.98. The van der Waals surface area contributed by atoms with Crippen LogP contribution in [0.4, 0.5) is 0 Å². The molecule has 1 unspecified atom stereocenters. The van der Waals surface area contributed by atoms with Gasteiger partial charge in [0.2, 0.25) is 5.91 Å². The molecule has 1 aromatic heterocycles. The molecule has 0 saturated carbocycles. The lowest BCUT2D eigenvalue weighted by molar-refractivity contribution is -0.126. The number of nitrogens with one attached hydrogen (secondary N) is 1. The number of rotatable bonds is 5. The van der Waals surface area contributed by atoms with Gasteiger partial charge in [-0.2, -0.15) is 0 Å². The fourth-order valence-electron chi connectivity index (χ4n) is 3.61. The van der Waals surface area contributed by atoms with Gasteiger partial charge in [0.25, 0.3) is 5.91 Å². The highest BCUT2D eigenvalue weighted by molar-refractivity contribution is 6.06. The number of hydrogen-bond donors (Lipinski definition) is 1. The Hall–Kier alpha value is -2.43. The number of hydrogen-bond acceptors (Lipinski definition) is 3. The lowest BCUT2D eigenvalue weighted by atomic mass is 9.95. The van der Waals surface area contributed by atoms with Gasteiger partial charge < -0.3 is 10.2 Å². The average Bonchev–Trinajstić information content (AvgIpc) is 2.70. The van der Waals surface area contributed by atoms with Crippen molar-refractivity contribution in [1.29, 1.82) is 0 Å². The Morgan fingerprint density at radius 3 is 2.81 bits per heavy atom. The first-order chi connectivity index (χ1) is 13.0. The molecule has 27 heavy (non-hydrogen) atoms. The summed E-state index contributed by atoms with van der Waals surface area (Å²) < 4.78 is 0. The second-order valence-electron chi connectivity index (χ2n) is 7.65. The summed E-state index contributed by atoms with van der Waals surface area (Å²) in [6, 6.07) is 9.72. The van der Waals surface area contributed by atoms with Crippen molar-refractivity contribution in [1.82, 2.24) is 15.2 Å². The number of carbonyl (C=O) groups is 2. The fourth-order valence-corrected chi connectivity index (χ4v) is 3.61. The van der Waals surface area contributed by atoms with E-state index in [0.717, 1.165) is 35.9 Å². The number of pyridine rings is 1. The standard InChI is InChI=1S/C22H29N3O2/c1-4-11-23-21(26)16-8-7-12-25(14-16)22(27)18-13-20(15(2)3)24-19-10-6-5-9-17(18)19/h5-6,9-10,13,15-16H,4,7-8,11-12,14H2,1-3H3,(H,23,26). The number of aromatic nitrogens is 1. The van der Waals surface area contributed by atoms with Crippen LogP contribution < -0.4 is 5.32 Å². The topological polar surface area (TPSA) is 62.3 Å². The van der Waals surface area contributed by atoms with Gasteiger partial charge in [-0.15, -0.1) is 0 Å². The van der Waals surface area contributed by atoms with Crippen molar-refractivity contribution in [3.8, 4) is 0 Å². The summed E-state index contributed by atoms with van der Waals surface area (Å²) >= 11 is 0. The van der Waals surface area contributed by atoms with Gasteiger partial charge in [-0.1, -0.05) is 39.0 Å². The summed E-state index contributed by atoms with van der Waals surface area (Å²) in [5, 5.41) is 3.85. The molecule has 1 aliphatic heterocycles. The van der Waals surface area contributed by atoms with Crippen LogP contribution in [0.3, 0.4) is 0 Å². The van der Waals surface area contributed by atoms with Crippen molar-refractivity contribution in [2.24, 2.45) is 5.92 Å². The minimum absolute atomic E-state index is 0.00323. The summed E-state index contributed by atoms with van der Waals surface area (Å²) in [7, 11) is 0. The Kier molecular flexibility index (Phi) is 6.09. The fraction of sp³-hybridized carbons (Fsp3) is 0.500. The largest absolute Gasteiger partial charge is 0.356 e. The summed E-state index contributed by atoms with van der Waals surface area (Å²) in [6.07, 6.45) is 2.62. The summed E-state index contributed by atoms with van der Waals surface area (Å²) in [6.45, 7) is 8.08. The Balaban J connectivity index is 1.87. The van der Waals surface area contributed by atoms with Gasteiger partial charge in [-0.05, 0) is 37.3 Å².